The van der Waals surface area contributed by atoms with Crippen LogP contribution in [0.1, 0.15) is 41.1 Å². The fourth-order valence-electron chi connectivity index (χ4n) is 4.42. The van der Waals surface area contributed by atoms with Crippen molar-refractivity contribution in [2.75, 3.05) is 0 Å². The Morgan fingerprint density at radius 2 is 1.56 bits per heavy atom. The molecule has 136 valence electrons. The Kier molecular flexibility index (Phi) is 3.92. The molecule has 4 heteroatoms. The van der Waals surface area contributed by atoms with Gasteiger partial charge >= 0.3 is 0 Å². The lowest BCUT2D eigenvalue weighted by Gasteiger charge is -2.26. The lowest BCUT2D eigenvalue weighted by Crippen LogP contribution is -2.31. The smallest absolute Gasteiger partial charge is 0.207 e. The van der Waals surface area contributed by atoms with Crippen LogP contribution in [0.15, 0.2) is 71.6 Å². The molecule has 0 radical (unpaired) electrons. The Bertz CT molecular complexity index is 1130. The Balaban J connectivity index is 1.46. The van der Waals surface area contributed by atoms with E-state index in [4.69, 9.17) is 0 Å². The molecule has 1 unspecified atom stereocenters. The van der Waals surface area contributed by atoms with Crippen LogP contribution in [0.3, 0.4) is 0 Å². The third-order valence-corrected chi connectivity index (χ3v) is 7.21. The first-order chi connectivity index (χ1) is 13.1. The van der Waals surface area contributed by atoms with Crippen LogP contribution in [0.2, 0.25) is 0 Å². The Morgan fingerprint density at radius 1 is 0.815 bits per heavy atom. The van der Waals surface area contributed by atoms with Gasteiger partial charge in [-0.05, 0) is 71.2 Å². The number of nitrogens with one attached hydrogen (secondary N) is 1. The highest BCUT2D eigenvalue weighted by Crippen LogP contribution is 2.38. The average Bonchev–Trinajstić information content (AvgIpc) is 3.06. The van der Waals surface area contributed by atoms with E-state index in [1.165, 1.54) is 16.7 Å². The lowest BCUT2D eigenvalue weighted by molar-refractivity contribution is 0.507. The second kappa shape index (κ2) is 6.32. The van der Waals surface area contributed by atoms with Crippen LogP contribution >= 0.6 is 0 Å². The summed E-state index contributed by atoms with van der Waals surface area (Å²) in [4.78, 5) is 0.358. The molecule has 0 aromatic heterocycles. The molecule has 3 aromatic rings. The molecule has 1 N–H and O–H groups in total. The molecule has 2 aliphatic rings. The molecule has 0 heterocycles. The van der Waals surface area contributed by atoms with E-state index in [1.807, 2.05) is 42.5 Å². The van der Waals surface area contributed by atoms with Crippen LogP contribution in [0.4, 0.5) is 0 Å². The van der Waals surface area contributed by atoms with Gasteiger partial charge in [0.1, 0.15) is 0 Å². The van der Waals surface area contributed by atoms with Crippen LogP contribution in [-0.2, 0) is 22.9 Å². The molecule has 5 rings (SSSR count). The first-order valence-corrected chi connectivity index (χ1v) is 10.9. The Morgan fingerprint density at radius 3 is 2.44 bits per heavy atom. The lowest BCUT2D eigenvalue weighted by atomic mass is 9.88. The normalized spacial score (nSPS) is 17.9. The van der Waals surface area contributed by atoms with Crippen molar-refractivity contribution in [1.82, 2.24) is 4.72 Å². The summed E-state index contributed by atoms with van der Waals surface area (Å²) < 4.78 is 29.1. The zero-order chi connectivity index (χ0) is 18.4. The van der Waals surface area contributed by atoms with Gasteiger partial charge in [-0.2, -0.15) is 0 Å². The topological polar surface area (TPSA) is 46.2 Å². The van der Waals surface area contributed by atoms with Crippen LogP contribution in [-0.4, -0.2) is 8.42 Å². The predicted molar refractivity (Wildman–Crippen MR) is 107 cm³/mol. The zero-order valence-corrected chi connectivity index (χ0v) is 15.8. The van der Waals surface area contributed by atoms with Crippen molar-refractivity contribution in [3.8, 4) is 11.1 Å². The van der Waals surface area contributed by atoms with Gasteiger partial charge in [0.2, 0.25) is 10.0 Å². The van der Waals surface area contributed by atoms with Gasteiger partial charge in [-0.1, -0.05) is 54.6 Å². The summed E-state index contributed by atoms with van der Waals surface area (Å²) in [5.41, 5.74) is 7.07. The van der Waals surface area contributed by atoms with Crippen LogP contribution < -0.4 is 4.72 Å². The van der Waals surface area contributed by atoms with E-state index in [-0.39, 0.29) is 6.04 Å². The van der Waals surface area contributed by atoms with Crippen molar-refractivity contribution >= 4 is 10.0 Å². The maximum Gasteiger partial charge on any atom is 0.241 e. The van der Waals surface area contributed by atoms with Gasteiger partial charge in [0, 0.05) is 6.04 Å². The molecular formula is C23H21NO2S. The van der Waals surface area contributed by atoms with Gasteiger partial charge in [-0.15, -0.1) is 0 Å². The highest BCUT2D eigenvalue weighted by atomic mass is 32.2. The number of hydrogen-bond acceptors (Lipinski definition) is 2. The standard InChI is InChI=1S/C23H21NO2S/c25-27(26,24-23-11-5-8-16-6-1-4-10-22(16)23)19-12-13-21-18(15-19)14-17-7-2-3-9-20(17)21/h1-4,6-7,9-10,12-13,15,23-24H,5,8,11,14H2. The molecule has 0 saturated heterocycles. The van der Waals surface area contributed by atoms with E-state index in [0.29, 0.717) is 4.90 Å². The summed E-state index contributed by atoms with van der Waals surface area (Å²) in [6, 6.07) is 21.8. The quantitative estimate of drug-likeness (QED) is 0.568. The van der Waals surface area contributed by atoms with Crippen molar-refractivity contribution in [2.24, 2.45) is 0 Å². The second-order valence-corrected chi connectivity index (χ2v) is 9.13. The van der Waals surface area contributed by atoms with Gasteiger partial charge in [0.25, 0.3) is 0 Å². The monoisotopic (exact) mass is 375 g/mol. The molecule has 3 aromatic carbocycles. The van der Waals surface area contributed by atoms with E-state index < -0.39 is 10.0 Å². The number of benzene rings is 3. The van der Waals surface area contributed by atoms with Gasteiger partial charge in [-0.25, -0.2) is 13.1 Å². The summed E-state index contributed by atoms with van der Waals surface area (Å²) in [7, 11) is -3.56. The summed E-state index contributed by atoms with van der Waals surface area (Å²) in [6.07, 6.45) is 3.66. The highest BCUT2D eigenvalue weighted by molar-refractivity contribution is 7.89. The summed E-state index contributed by atoms with van der Waals surface area (Å²) in [5, 5.41) is 0. The van der Waals surface area contributed by atoms with Crippen molar-refractivity contribution in [1.29, 1.82) is 0 Å². The fourth-order valence-corrected chi connectivity index (χ4v) is 5.72. The van der Waals surface area contributed by atoms with E-state index in [0.717, 1.165) is 42.4 Å². The fraction of sp³-hybridized carbons (Fsp3) is 0.217. The molecule has 1 atom stereocenters. The van der Waals surface area contributed by atoms with Gasteiger partial charge in [0.15, 0.2) is 0 Å². The number of fused-ring (bicyclic) bond motifs is 4. The molecule has 0 spiro atoms. The first kappa shape index (κ1) is 16.7. The maximum atomic E-state index is 13.1. The van der Waals surface area contributed by atoms with Crippen molar-refractivity contribution in [2.45, 2.75) is 36.6 Å². The minimum Gasteiger partial charge on any atom is -0.207 e. The molecular weight excluding hydrogens is 354 g/mol. The largest absolute Gasteiger partial charge is 0.241 e. The molecule has 0 amide bonds. The number of sulfonamides is 1. The van der Waals surface area contributed by atoms with Crippen molar-refractivity contribution in [3.05, 3.63) is 89.0 Å². The number of rotatable bonds is 3. The van der Waals surface area contributed by atoms with Gasteiger partial charge in [-0.3, -0.25) is 0 Å². The molecule has 3 nitrogen and oxygen atoms in total. The van der Waals surface area contributed by atoms with Crippen LogP contribution in [0.5, 0.6) is 0 Å². The molecule has 0 aliphatic heterocycles. The summed E-state index contributed by atoms with van der Waals surface area (Å²) >= 11 is 0. The highest BCUT2D eigenvalue weighted by Gasteiger charge is 2.27. The summed E-state index contributed by atoms with van der Waals surface area (Å²) in [6.45, 7) is 0. The first-order valence-electron chi connectivity index (χ1n) is 9.43. The maximum absolute atomic E-state index is 13.1. The third-order valence-electron chi connectivity index (χ3n) is 5.74. The van der Waals surface area contributed by atoms with E-state index in [1.54, 1.807) is 6.07 Å². The van der Waals surface area contributed by atoms with Crippen molar-refractivity contribution in [3.63, 3.8) is 0 Å². The zero-order valence-electron chi connectivity index (χ0n) is 15.0. The number of hydrogen-bond donors (Lipinski definition) is 1. The second-order valence-electron chi connectivity index (χ2n) is 7.42. The molecule has 2 aliphatic carbocycles. The molecule has 0 fully saturated rings. The van der Waals surface area contributed by atoms with Gasteiger partial charge in [0.05, 0.1) is 4.90 Å². The minimum absolute atomic E-state index is 0.148. The average molecular weight is 375 g/mol. The van der Waals surface area contributed by atoms with E-state index >= 15 is 0 Å². The van der Waals surface area contributed by atoms with Crippen molar-refractivity contribution < 1.29 is 8.42 Å². The predicted octanol–water partition coefficient (Wildman–Crippen LogP) is 4.61. The molecule has 0 saturated carbocycles. The van der Waals surface area contributed by atoms with Crippen LogP contribution in [0.25, 0.3) is 11.1 Å². The van der Waals surface area contributed by atoms with E-state index in [9.17, 15) is 8.42 Å². The number of aryl methyl sites for hydroxylation is 1. The summed E-state index contributed by atoms with van der Waals surface area (Å²) in [5.74, 6) is 0. The molecule has 0 bridgehead atoms. The van der Waals surface area contributed by atoms with Gasteiger partial charge < -0.3 is 0 Å². The minimum atomic E-state index is -3.56. The van der Waals surface area contributed by atoms with E-state index in [2.05, 4.69) is 22.9 Å². The van der Waals surface area contributed by atoms with Crippen LogP contribution in [0, 0.1) is 0 Å². The third kappa shape index (κ3) is 2.89. The Hall–Kier alpha value is -2.43. The Labute approximate surface area is 160 Å². The SMILES string of the molecule is O=S(=O)(NC1CCCc2ccccc21)c1ccc2c(c1)Cc1ccccc1-2. The molecule has 27 heavy (non-hydrogen) atoms.